The van der Waals surface area contributed by atoms with E-state index in [4.69, 9.17) is 14.6 Å². The Labute approximate surface area is 190 Å². The van der Waals surface area contributed by atoms with Gasteiger partial charge >= 0.3 is 12.1 Å². The van der Waals surface area contributed by atoms with Crippen LogP contribution in [0.2, 0.25) is 0 Å². The fraction of sp³-hybridized carbons (Fsp3) is 0.375. The van der Waals surface area contributed by atoms with Crippen LogP contribution in [0.1, 0.15) is 24.6 Å². The fourth-order valence-electron chi connectivity index (χ4n) is 3.94. The number of hydrogen-bond acceptors (Lipinski definition) is 4. The zero-order chi connectivity index (χ0) is 23.8. The number of aromatic nitrogens is 1. The number of para-hydroxylation sites is 3. The number of nitrogens with one attached hydrogen (secondary N) is 2. The summed E-state index contributed by atoms with van der Waals surface area (Å²) in [6.45, 7) is 6.72. The number of carboxylic acid groups (broad SMARTS) is 1. The van der Waals surface area contributed by atoms with Crippen molar-refractivity contribution >= 4 is 22.6 Å². The maximum Gasteiger partial charge on any atom is 0.490 e. The monoisotopic (exact) mass is 463 g/mol. The summed E-state index contributed by atoms with van der Waals surface area (Å²) in [6, 6.07) is 17.0. The minimum atomic E-state index is -5.08. The number of anilines is 1. The summed E-state index contributed by atoms with van der Waals surface area (Å²) in [5.74, 6) is -1.82. The molecule has 0 saturated heterocycles. The van der Waals surface area contributed by atoms with Crippen LogP contribution in [0.5, 0.6) is 5.75 Å². The van der Waals surface area contributed by atoms with Crippen LogP contribution in [0.3, 0.4) is 0 Å². The lowest BCUT2D eigenvalue weighted by Crippen LogP contribution is -2.25. The summed E-state index contributed by atoms with van der Waals surface area (Å²) in [5, 5.41) is 15.6. The van der Waals surface area contributed by atoms with E-state index in [1.54, 1.807) is 0 Å². The maximum atomic E-state index is 10.6. The average molecular weight is 464 g/mol. The molecular formula is C24H28F3N3O3. The van der Waals surface area contributed by atoms with E-state index in [1.807, 2.05) is 25.1 Å². The van der Waals surface area contributed by atoms with Gasteiger partial charge in [-0.2, -0.15) is 13.2 Å². The lowest BCUT2D eigenvalue weighted by Gasteiger charge is -2.17. The first-order chi connectivity index (χ1) is 15.8. The van der Waals surface area contributed by atoms with Gasteiger partial charge in [-0.05, 0) is 50.1 Å². The Morgan fingerprint density at radius 3 is 2.61 bits per heavy atom. The molecule has 0 bridgehead atoms. The van der Waals surface area contributed by atoms with Gasteiger partial charge in [0, 0.05) is 36.2 Å². The third kappa shape index (κ3) is 6.19. The van der Waals surface area contributed by atoms with E-state index in [-0.39, 0.29) is 0 Å². The number of fused-ring (bicyclic) bond motifs is 3. The molecule has 2 aromatic carbocycles. The van der Waals surface area contributed by atoms with Gasteiger partial charge in [-0.3, -0.25) is 0 Å². The molecule has 6 nitrogen and oxygen atoms in total. The van der Waals surface area contributed by atoms with E-state index >= 15 is 0 Å². The van der Waals surface area contributed by atoms with Gasteiger partial charge in [-0.25, -0.2) is 4.79 Å². The van der Waals surface area contributed by atoms with Crippen molar-refractivity contribution in [3.05, 3.63) is 59.8 Å². The lowest BCUT2D eigenvalue weighted by molar-refractivity contribution is -0.192. The van der Waals surface area contributed by atoms with E-state index in [9.17, 15) is 13.2 Å². The number of carboxylic acids is 1. The highest BCUT2D eigenvalue weighted by atomic mass is 19.4. The predicted molar refractivity (Wildman–Crippen MR) is 122 cm³/mol. The Hall–Kier alpha value is -3.20. The van der Waals surface area contributed by atoms with Crippen LogP contribution in [0.4, 0.5) is 18.9 Å². The van der Waals surface area contributed by atoms with Crippen molar-refractivity contribution in [1.29, 1.82) is 0 Å². The van der Waals surface area contributed by atoms with E-state index in [0.717, 1.165) is 50.5 Å². The molecule has 0 radical (unpaired) electrons. The maximum absolute atomic E-state index is 10.6. The Kier molecular flexibility index (Phi) is 8.21. The number of aryl methyl sites for hydroxylation is 1. The van der Waals surface area contributed by atoms with Crippen molar-refractivity contribution in [2.45, 2.75) is 39.0 Å². The SMILES string of the molecule is CCOc1ccccc1NCCCn1c2c(c3ccccc31)CCNC2.O=C(O)C(F)(F)F. The van der Waals surface area contributed by atoms with Gasteiger partial charge in [0.2, 0.25) is 0 Å². The molecule has 9 heteroatoms. The number of ether oxygens (including phenoxy) is 1. The highest BCUT2D eigenvalue weighted by Gasteiger charge is 2.38. The van der Waals surface area contributed by atoms with Crippen LogP contribution in [0.25, 0.3) is 10.9 Å². The molecule has 1 aliphatic heterocycles. The molecule has 3 N–H and O–H groups in total. The zero-order valence-electron chi connectivity index (χ0n) is 18.4. The van der Waals surface area contributed by atoms with Crippen molar-refractivity contribution in [1.82, 2.24) is 9.88 Å². The van der Waals surface area contributed by atoms with Crippen molar-refractivity contribution in [2.75, 3.05) is 25.0 Å². The van der Waals surface area contributed by atoms with Gasteiger partial charge in [0.05, 0.1) is 12.3 Å². The molecule has 0 unspecified atom stereocenters. The molecule has 0 aliphatic carbocycles. The largest absolute Gasteiger partial charge is 0.492 e. The lowest BCUT2D eigenvalue weighted by atomic mass is 10.1. The summed E-state index contributed by atoms with van der Waals surface area (Å²) >= 11 is 0. The van der Waals surface area contributed by atoms with Crippen molar-refractivity contribution in [3.8, 4) is 5.75 Å². The summed E-state index contributed by atoms with van der Waals surface area (Å²) in [6.07, 6.45) is -2.88. The Balaban J connectivity index is 0.000000383. The van der Waals surface area contributed by atoms with Crippen LogP contribution in [-0.2, 0) is 24.3 Å². The van der Waals surface area contributed by atoms with Crippen LogP contribution < -0.4 is 15.4 Å². The number of alkyl halides is 3. The van der Waals surface area contributed by atoms with Crippen molar-refractivity contribution in [3.63, 3.8) is 0 Å². The molecule has 0 amide bonds. The summed E-state index contributed by atoms with van der Waals surface area (Å²) in [5.41, 5.74) is 5.45. The molecule has 178 valence electrons. The van der Waals surface area contributed by atoms with E-state index in [2.05, 4.69) is 45.5 Å². The van der Waals surface area contributed by atoms with Crippen LogP contribution >= 0.6 is 0 Å². The second-order valence-corrected chi connectivity index (χ2v) is 7.53. The molecule has 0 saturated carbocycles. The first-order valence-corrected chi connectivity index (χ1v) is 10.9. The Bertz CT molecular complexity index is 1080. The zero-order valence-corrected chi connectivity index (χ0v) is 18.4. The van der Waals surface area contributed by atoms with Gasteiger partial charge in [0.25, 0.3) is 0 Å². The van der Waals surface area contributed by atoms with E-state index in [1.165, 1.54) is 22.2 Å². The normalized spacial score (nSPS) is 13.1. The van der Waals surface area contributed by atoms with Crippen LogP contribution in [0.15, 0.2) is 48.5 Å². The molecule has 3 aromatic rings. The number of halogens is 3. The van der Waals surface area contributed by atoms with Gasteiger partial charge < -0.3 is 25.0 Å². The van der Waals surface area contributed by atoms with Gasteiger partial charge in [0.15, 0.2) is 0 Å². The first-order valence-electron chi connectivity index (χ1n) is 10.9. The van der Waals surface area contributed by atoms with Crippen LogP contribution in [-0.4, -0.2) is 41.5 Å². The fourth-order valence-corrected chi connectivity index (χ4v) is 3.94. The van der Waals surface area contributed by atoms with Crippen LogP contribution in [0, 0.1) is 0 Å². The number of rotatable bonds is 7. The highest BCUT2D eigenvalue weighted by Crippen LogP contribution is 2.29. The summed E-state index contributed by atoms with van der Waals surface area (Å²) < 4.78 is 39.9. The number of benzene rings is 2. The minimum Gasteiger partial charge on any atom is -0.492 e. The van der Waals surface area contributed by atoms with Gasteiger partial charge in [0.1, 0.15) is 5.75 Å². The standard InChI is InChI=1S/C22H27N3O.C2HF3O2/c1-2-26-22-11-6-4-9-19(22)24-13-7-15-25-20-10-5-3-8-17(20)18-12-14-23-16-21(18)25;3-2(4,5)1(6)7/h3-6,8-11,23-24H,2,7,12-16H2,1H3;(H,6,7). The van der Waals surface area contributed by atoms with Gasteiger partial charge in [-0.1, -0.05) is 30.3 Å². The molecule has 4 rings (SSSR count). The molecule has 0 fully saturated rings. The first kappa shape index (κ1) is 24.4. The number of aliphatic carboxylic acids is 1. The number of hydrogen-bond donors (Lipinski definition) is 3. The third-order valence-corrected chi connectivity index (χ3v) is 5.34. The quantitative estimate of drug-likeness (QED) is 0.438. The predicted octanol–water partition coefficient (Wildman–Crippen LogP) is 4.82. The molecule has 0 atom stereocenters. The van der Waals surface area contributed by atoms with Crippen molar-refractivity contribution in [2.24, 2.45) is 0 Å². The van der Waals surface area contributed by atoms with Crippen molar-refractivity contribution < 1.29 is 27.8 Å². The summed E-state index contributed by atoms with van der Waals surface area (Å²) in [7, 11) is 0. The molecule has 33 heavy (non-hydrogen) atoms. The number of carbonyl (C=O) groups is 1. The minimum absolute atomic E-state index is 0.688. The molecule has 1 aromatic heterocycles. The highest BCUT2D eigenvalue weighted by molar-refractivity contribution is 5.85. The van der Waals surface area contributed by atoms with E-state index in [0.29, 0.717) is 6.61 Å². The smallest absolute Gasteiger partial charge is 0.490 e. The topological polar surface area (TPSA) is 75.5 Å². The Morgan fingerprint density at radius 1 is 1.18 bits per heavy atom. The second kappa shape index (κ2) is 11.1. The third-order valence-electron chi connectivity index (χ3n) is 5.34. The molecular weight excluding hydrogens is 435 g/mol. The molecule has 0 spiro atoms. The van der Waals surface area contributed by atoms with E-state index < -0.39 is 12.1 Å². The molecule has 1 aliphatic rings. The molecule has 2 heterocycles. The second-order valence-electron chi connectivity index (χ2n) is 7.53. The average Bonchev–Trinajstić information content (AvgIpc) is 3.12. The Morgan fingerprint density at radius 2 is 1.88 bits per heavy atom. The summed E-state index contributed by atoms with van der Waals surface area (Å²) in [4.78, 5) is 8.90. The number of nitrogens with zero attached hydrogens (tertiary/aromatic N) is 1. The van der Waals surface area contributed by atoms with Gasteiger partial charge in [-0.15, -0.1) is 0 Å².